The highest BCUT2D eigenvalue weighted by Crippen LogP contribution is 2.36. The first-order chi connectivity index (χ1) is 36.9. The summed E-state index contributed by atoms with van der Waals surface area (Å²) in [6.07, 6.45) is 18.6. The van der Waals surface area contributed by atoms with Crippen LogP contribution < -0.4 is 28.4 Å². The summed E-state index contributed by atoms with van der Waals surface area (Å²) in [4.78, 5) is 14.6. The molecule has 382 valence electrons. The maximum absolute atomic E-state index is 6.78. The normalized spacial score (nSPS) is 14.4. The Bertz CT molecular complexity index is 3450. The first-order valence-corrected chi connectivity index (χ1v) is 27.1. The number of fused-ring (bicyclic) bond motifs is 2. The topological polar surface area (TPSA) is 68.3 Å². The van der Waals surface area contributed by atoms with Crippen LogP contribution in [0.4, 0.5) is 11.4 Å². The standard InChI is InChI=1S/C66H66N8O2/c1-65(2,3)47-37-53(73-45-71(61-17-9-11-19-63(61)73)51-25-21-49(22-26-51)69-33-13-7-14-34-69)41-57(39-47)75-55-29-31-67-59(43-55)60-44-56(30-32-68-60)76-58-40-48(66(4,5)6)38-54(42-58)74-46-72(62-18-10-12-20-64(62)74)52-27-23-50(24-28-52)70-35-15-8-16-36-70/h9-12,17-32,37-44H,7-8,13-16,33-36H2,1-6H3. The first-order valence-electron chi connectivity index (χ1n) is 27.1. The molecule has 0 radical (unpaired) electrons. The minimum atomic E-state index is -0.159. The van der Waals surface area contributed by atoms with Crippen molar-refractivity contribution in [3.8, 4) is 57.1 Å². The van der Waals surface area contributed by atoms with E-state index in [1.54, 1.807) is 12.4 Å². The molecule has 12 rings (SSSR count). The zero-order valence-corrected chi connectivity index (χ0v) is 44.6. The molecule has 0 unspecified atom stereocenters. The Labute approximate surface area is 447 Å². The molecular weight excluding hydrogens is 937 g/mol. The van der Waals surface area contributed by atoms with E-state index in [2.05, 4.69) is 216 Å². The Morgan fingerprint density at radius 1 is 0.408 bits per heavy atom. The van der Waals surface area contributed by atoms with Gasteiger partial charge in [-0.15, -0.1) is 0 Å². The number of hydrogen-bond donors (Lipinski definition) is 0. The van der Waals surface area contributed by atoms with Gasteiger partial charge in [-0.1, -0.05) is 90.1 Å². The van der Waals surface area contributed by atoms with Gasteiger partial charge in [-0.05, 0) is 158 Å². The molecule has 0 saturated carbocycles. The molecule has 6 aromatic carbocycles. The van der Waals surface area contributed by atoms with Crippen molar-refractivity contribution < 1.29 is 18.6 Å². The first kappa shape index (κ1) is 48.7. The molecule has 2 aliphatic heterocycles. The third kappa shape index (κ3) is 10.0. The van der Waals surface area contributed by atoms with E-state index in [0.717, 1.165) is 82.1 Å². The van der Waals surface area contributed by atoms with Crippen LogP contribution in [0, 0.1) is 12.7 Å². The Morgan fingerprint density at radius 3 is 1.18 bits per heavy atom. The minimum absolute atomic E-state index is 0.159. The van der Waals surface area contributed by atoms with Gasteiger partial charge >= 0.3 is 0 Å². The minimum Gasteiger partial charge on any atom is -0.458 e. The molecular formula is C66H66N8O2. The molecule has 10 aromatic rings. The van der Waals surface area contributed by atoms with Gasteiger partial charge in [-0.25, -0.2) is 0 Å². The van der Waals surface area contributed by atoms with Gasteiger partial charge < -0.3 is 19.3 Å². The molecule has 0 aliphatic carbocycles. The van der Waals surface area contributed by atoms with Crippen molar-refractivity contribution in [2.24, 2.45) is 0 Å². The third-order valence-electron chi connectivity index (χ3n) is 15.0. The maximum atomic E-state index is 6.78. The number of aromatic nitrogens is 6. The van der Waals surface area contributed by atoms with Gasteiger partial charge in [0.2, 0.25) is 0 Å². The summed E-state index contributed by atoms with van der Waals surface area (Å²) in [6.45, 7) is 17.8. The highest BCUT2D eigenvalue weighted by atomic mass is 16.5. The number of rotatable bonds is 11. The lowest BCUT2D eigenvalue weighted by Crippen LogP contribution is -2.30. The SMILES string of the molecule is CC(C)(C)c1cc(Oc2ccnc(-c3cc(Oc4cc(-[n+]5[c-]n(-c6ccc(N7CCCCC7)cc6)c6ccccc65)cc(C(C)(C)C)c4)ccn3)c2)cc(-[n+]2[c-]n(-c3ccc(N4CCCCC4)cc3)c3ccccc32)c1. The summed E-state index contributed by atoms with van der Waals surface area (Å²) < 4.78 is 22.2. The molecule has 2 fully saturated rings. The van der Waals surface area contributed by atoms with E-state index in [1.165, 1.54) is 49.9 Å². The lowest BCUT2D eigenvalue weighted by Gasteiger charge is -2.28. The van der Waals surface area contributed by atoms with Crippen LogP contribution in [-0.2, 0) is 10.8 Å². The number of ether oxygens (including phenoxy) is 2. The van der Waals surface area contributed by atoms with Gasteiger partial charge in [0.05, 0.1) is 56.2 Å². The molecule has 10 nitrogen and oxygen atoms in total. The number of anilines is 2. The van der Waals surface area contributed by atoms with Crippen molar-refractivity contribution in [3.63, 3.8) is 0 Å². The second-order valence-corrected chi connectivity index (χ2v) is 22.5. The molecule has 4 aromatic heterocycles. The number of benzene rings is 6. The highest BCUT2D eigenvalue weighted by molar-refractivity contribution is 5.76. The predicted molar refractivity (Wildman–Crippen MR) is 304 cm³/mol. The fourth-order valence-electron chi connectivity index (χ4n) is 10.7. The molecule has 0 amide bonds. The lowest BCUT2D eigenvalue weighted by molar-refractivity contribution is -0.572. The van der Waals surface area contributed by atoms with E-state index >= 15 is 0 Å². The molecule has 2 aliphatic rings. The highest BCUT2D eigenvalue weighted by Gasteiger charge is 2.23. The summed E-state index contributed by atoms with van der Waals surface area (Å²) >= 11 is 0. The van der Waals surface area contributed by atoms with E-state index < -0.39 is 0 Å². The number of nitrogens with zero attached hydrogens (tertiary/aromatic N) is 8. The van der Waals surface area contributed by atoms with Crippen molar-refractivity contribution in [1.82, 2.24) is 19.1 Å². The van der Waals surface area contributed by atoms with Crippen LogP contribution in [0.2, 0.25) is 0 Å². The Kier molecular flexibility index (Phi) is 12.9. The van der Waals surface area contributed by atoms with Crippen molar-refractivity contribution in [2.75, 3.05) is 36.0 Å². The average Bonchev–Trinajstić information content (AvgIpc) is 4.03. The molecule has 0 N–H and O–H groups in total. The van der Waals surface area contributed by atoms with Gasteiger partial charge in [-0.3, -0.25) is 28.2 Å². The molecule has 6 heterocycles. The summed E-state index contributed by atoms with van der Waals surface area (Å²) in [5.41, 5.74) is 14.1. The van der Waals surface area contributed by atoms with Crippen LogP contribution in [0.3, 0.4) is 0 Å². The van der Waals surface area contributed by atoms with Crippen LogP contribution in [0.1, 0.15) is 91.2 Å². The Morgan fingerprint density at radius 2 is 0.789 bits per heavy atom. The molecule has 10 heteroatoms. The third-order valence-corrected chi connectivity index (χ3v) is 15.0. The Balaban J connectivity index is 0.828. The zero-order valence-electron chi connectivity index (χ0n) is 44.6. The number of piperidine rings is 2. The van der Waals surface area contributed by atoms with Crippen molar-refractivity contribution in [2.45, 2.75) is 90.9 Å². The largest absolute Gasteiger partial charge is 0.458 e. The fourth-order valence-corrected chi connectivity index (χ4v) is 10.7. The lowest BCUT2D eigenvalue weighted by atomic mass is 9.86. The molecule has 2 saturated heterocycles. The van der Waals surface area contributed by atoms with Gasteiger partial charge in [0.1, 0.15) is 23.0 Å². The Hall–Kier alpha value is -8.24. The number of hydrogen-bond acceptors (Lipinski definition) is 6. The fraction of sp³-hybridized carbons (Fsp3) is 0.273. The summed E-state index contributed by atoms with van der Waals surface area (Å²) in [5, 5.41) is 0. The molecule has 0 spiro atoms. The van der Waals surface area contributed by atoms with Crippen LogP contribution in [0.15, 0.2) is 170 Å². The summed E-state index contributed by atoms with van der Waals surface area (Å²) in [7, 11) is 0. The number of pyridine rings is 2. The molecule has 0 bridgehead atoms. The number of imidazole rings is 2. The van der Waals surface area contributed by atoms with Crippen LogP contribution in [0.5, 0.6) is 23.0 Å². The monoisotopic (exact) mass is 1000 g/mol. The smallest absolute Gasteiger partial charge is 0.269 e. The van der Waals surface area contributed by atoms with Crippen LogP contribution in [0.25, 0.3) is 56.2 Å². The average molecular weight is 1000 g/mol. The second kappa shape index (κ2) is 20.1. The molecule has 0 atom stereocenters. The van der Waals surface area contributed by atoms with Crippen LogP contribution in [-0.4, -0.2) is 45.3 Å². The van der Waals surface area contributed by atoms with Gasteiger partial charge in [-0.2, -0.15) is 0 Å². The van der Waals surface area contributed by atoms with E-state index in [9.17, 15) is 0 Å². The summed E-state index contributed by atoms with van der Waals surface area (Å²) in [5.74, 6) is 2.72. The molecule has 76 heavy (non-hydrogen) atoms. The van der Waals surface area contributed by atoms with E-state index in [0.29, 0.717) is 34.4 Å². The van der Waals surface area contributed by atoms with E-state index in [1.807, 2.05) is 24.3 Å². The zero-order chi connectivity index (χ0) is 52.0. The maximum Gasteiger partial charge on any atom is 0.269 e. The second-order valence-electron chi connectivity index (χ2n) is 22.5. The summed E-state index contributed by atoms with van der Waals surface area (Å²) in [6, 6.07) is 55.4. The van der Waals surface area contributed by atoms with Gasteiger partial charge in [0, 0.05) is 62.1 Å². The van der Waals surface area contributed by atoms with E-state index in [-0.39, 0.29) is 10.8 Å². The van der Waals surface area contributed by atoms with Crippen molar-refractivity contribution >= 4 is 33.4 Å². The van der Waals surface area contributed by atoms with Crippen molar-refractivity contribution in [3.05, 3.63) is 194 Å². The van der Waals surface area contributed by atoms with Gasteiger partial charge in [0.25, 0.3) is 12.7 Å². The van der Waals surface area contributed by atoms with Crippen molar-refractivity contribution in [1.29, 1.82) is 0 Å². The van der Waals surface area contributed by atoms with Gasteiger partial charge in [0.15, 0.2) is 0 Å². The number of para-hydroxylation sites is 4. The predicted octanol–water partition coefficient (Wildman–Crippen LogP) is 14.3. The van der Waals surface area contributed by atoms with Crippen LogP contribution >= 0.6 is 0 Å². The quantitative estimate of drug-likeness (QED) is 0.0950. The van der Waals surface area contributed by atoms with E-state index in [4.69, 9.17) is 19.4 Å².